The SMILES string of the molecule is Cc1cccc(C)c1N=C1N=C(N2CCOCC2)N(c2cccc(C(F)(F)F)c2)C12CCCC2. The minimum atomic E-state index is -4.41. The Morgan fingerprint density at radius 3 is 2.26 bits per heavy atom. The number of hydrogen-bond acceptors (Lipinski definition) is 4. The Morgan fingerprint density at radius 1 is 0.971 bits per heavy atom. The number of para-hydroxylation sites is 1. The molecule has 1 spiro atoms. The Balaban J connectivity index is 1.69. The average Bonchev–Trinajstić information content (AvgIpc) is 3.42. The maximum absolute atomic E-state index is 13.6. The summed E-state index contributed by atoms with van der Waals surface area (Å²) in [7, 11) is 0. The van der Waals surface area contributed by atoms with E-state index in [0.717, 1.165) is 48.6 Å². The van der Waals surface area contributed by atoms with Crippen LogP contribution in [0.4, 0.5) is 24.5 Å². The number of alkyl halides is 3. The molecule has 0 unspecified atom stereocenters. The summed E-state index contributed by atoms with van der Waals surface area (Å²) in [4.78, 5) is 14.3. The number of rotatable bonds is 2. The van der Waals surface area contributed by atoms with Crippen LogP contribution in [-0.2, 0) is 10.9 Å². The number of benzene rings is 2. The Morgan fingerprint density at radius 2 is 1.62 bits per heavy atom. The summed E-state index contributed by atoms with van der Waals surface area (Å²) in [5.41, 5.74) is 2.29. The van der Waals surface area contributed by atoms with Crippen LogP contribution in [-0.4, -0.2) is 48.5 Å². The van der Waals surface area contributed by atoms with E-state index in [1.54, 1.807) is 6.07 Å². The summed E-state index contributed by atoms with van der Waals surface area (Å²) < 4.78 is 46.4. The molecule has 0 amide bonds. The second-order valence-electron chi connectivity index (χ2n) is 9.31. The van der Waals surface area contributed by atoms with E-state index < -0.39 is 17.3 Å². The van der Waals surface area contributed by atoms with Crippen molar-refractivity contribution in [3.8, 4) is 0 Å². The molecular weight excluding hydrogens is 441 g/mol. The second-order valence-corrected chi connectivity index (χ2v) is 9.31. The zero-order chi connectivity index (χ0) is 23.9. The lowest BCUT2D eigenvalue weighted by molar-refractivity contribution is -0.137. The van der Waals surface area contributed by atoms with Gasteiger partial charge in [0, 0.05) is 18.8 Å². The lowest BCUT2D eigenvalue weighted by Crippen LogP contribution is -2.56. The van der Waals surface area contributed by atoms with E-state index in [4.69, 9.17) is 14.7 Å². The monoisotopic (exact) mass is 470 g/mol. The number of aryl methyl sites for hydroxylation is 2. The largest absolute Gasteiger partial charge is 0.416 e. The normalized spacial score (nSPS) is 21.6. The van der Waals surface area contributed by atoms with Crippen LogP contribution < -0.4 is 4.90 Å². The lowest BCUT2D eigenvalue weighted by Gasteiger charge is -2.41. The first-order valence-corrected chi connectivity index (χ1v) is 11.8. The quantitative estimate of drug-likeness (QED) is 0.551. The van der Waals surface area contributed by atoms with Gasteiger partial charge in [-0.25, -0.2) is 4.99 Å². The standard InChI is InChI=1S/C26H29F3N4O/c1-18-7-5-8-19(2)22(18)30-23-25(11-3-4-12-25)33(24(31-23)32-13-15-34-16-14-32)21-10-6-9-20(17-21)26(27,28)29/h5-10,17H,3-4,11-16H2,1-2H3. The molecule has 1 saturated carbocycles. The lowest BCUT2D eigenvalue weighted by atomic mass is 9.93. The number of aliphatic imine (C=N–C) groups is 2. The van der Waals surface area contributed by atoms with Gasteiger partial charge in [-0.15, -0.1) is 0 Å². The average molecular weight is 471 g/mol. The van der Waals surface area contributed by atoms with E-state index in [2.05, 4.69) is 4.90 Å². The van der Waals surface area contributed by atoms with Crippen molar-refractivity contribution in [2.24, 2.45) is 9.98 Å². The fourth-order valence-electron chi connectivity index (χ4n) is 5.32. The van der Waals surface area contributed by atoms with Gasteiger partial charge < -0.3 is 9.64 Å². The molecule has 0 N–H and O–H groups in total. The van der Waals surface area contributed by atoms with E-state index in [1.165, 1.54) is 12.1 Å². The fraction of sp³-hybridized carbons (Fsp3) is 0.462. The third-order valence-electron chi connectivity index (χ3n) is 7.06. The van der Waals surface area contributed by atoms with Crippen LogP contribution in [0.1, 0.15) is 42.4 Å². The molecule has 2 fully saturated rings. The van der Waals surface area contributed by atoms with Crippen LogP contribution in [0.25, 0.3) is 0 Å². The van der Waals surface area contributed by atoms with Crippen molar-refractivity contribution in [3.05, 3.63) is 59.2 Å². The van der Waals surface area contributed by atoms with Crippen LogP contribution >= 0.6 is 0 Å². The molecular formula is C26H29F3N4O. The number of morpholine rings is 1. The molecule has 2 aromatic rings. The molecule has 5 rings (SSSR count). The highest BCUT2D eigenvalue weighted by Crippen LogP contribution is 2.46. The summed E-state index contributed by atoms with van der Waals surface area (Å²) >= 11 is 0. The van der Waals surface area contributed by atoms with Crippen molar-refractivity contribution >= 4 is 23.2 Å². The van der Waals surface area contributed by atoms with Gasteiger partial charge in [0.2, 0.25) is 5.96 Å². The topological polar surface area (TPSA) is 40.4 Å². The Kier molecular flexibility index (Phi) is 5.88. The van der Waals surface area contributed by atoms with Crippen molar-refractivity contribution in [2.75, 3.05) is 31.2 Å². The van der Waals surface area contributed by atoms with Crippen molar-refractivity contribution in [1.82, 2.24) is 4.90 Å². The molecule has 8 heteroatoms. The predicted octanol–water partition coefficient (Wildman–Crippen LogP) is 5.87. The molecule has 1 saturated heterocycles. The molecule has 3 aliphatic rings. The molecule has 34 heavy (non-hydrogen) atoms. The Bertz CT molecular complexity index is 1110. The van der Waals surface area contributed by atoms with Gasteiger partial charge in [-0.05, 0) is 56.0 Å². The zero-order valence-electron chi connectivity index (χ0n) is 19.5. The molecule has 2 aliphatic heterocycles. The molecule has 1 aliphatic carbocycles. The number of hydrogen-bond donors (Lipinski definition) is 0. The minimum Gasteiger partial charge on any atom is -0.378 e. The summed E-state index contributed by atoms with van der Waals surface area (Å²) in [6, 6.07) is 11.7. The summed E-state index contributed by atoms with van der Waals surface area (Å²) in [6.45, 7) is 6.46. The molecule has 5 nitrogen and oxygen atoms in total. The van der Waals surface area contributed by atoms with Gasteiger partial charge in [0.1, 0.15) is 5.54 Å². The highest BCUT2D eigenvalue weighted by Gasteiger charge is 2.52. The van der Waals surface area contributed by atoms with Crippen LogP contribution in [0.3, 0.4) is 0 Å². The molecule has 0 aromatic heterocycles. The Hall–Kier alpha value is -2.87. The number of amidine groups is 1. The summed E-state index contributed by atoms with van der Waals surface area (Å²) in [5, 5.41) is 0. The van der Waals surface area contributed by atoms with E-state index in [9.17, 15) is 13.2 Å². The smallest absolute Gasteiger partial charge is 0.378 e. The van der Waals surface area contributed by atoms with Crippen LogP contribution in [0.5, 0.6) is 0 Å². The highest BCUT2D eigenvalue weighted by atomic mass is 19.4. The number of ether oxygens (including phenoxy) is 1. The Labute approximate surface area is 198 Å². The number of halogens is 3. The van der Waals surface area contributed by atoms with E-state index in [0.29, 0.717) is 43.8 Å². The van der Waals surface area contributed by atoms with Gasteiger partial charge in [-0.1, -0.05) is 37.1 Å². The van der Waals surface area contributed by atoms with Gasteiger partial charge >= 0.3 is 6.18 Å². The molecule has 180 valence electrons. The first-order valence-electron chi connectivity index (χ1n) is 11.8. The minimum absolute atomic E-state index is 0.508. The van der Waals surface area contributed by atoms with Crippen molar-refractivity contribution in [2.45, 2.75) is 51.2 Å². The van der Waals surface area contributed by atoms with Gasteiger partial charge in [0.05, 0.1) is 24.5 Å². The fourth-order valence-corrected chi connectivity index (χ4v) is 5.32. The molecule has 0 radical (unpaired) electrons. The van der Waals surface area contributed by atoms with Crippen molar-refractivity contribution < 1.29 is 17.9 Å². The number of nitrogens with zero attached hydrogens (tertiary/aromatic N) is 4. The molecule has 2 aromatic carbocycles. The van der Waals surface area contributed by atoms with E-state index in [1.807, 2.05) is 36.9 Å². The third-order valence-corrected chi connectivity index (χ3v) is 7.06. The first kappa shape index (κ1) is 22.9. The summed E-state index contributed by atoms with van der Waals surface area (Å²) in [6.07, 6.45) is -0.862. The van der Waals surface area contributed by atoms with Crippen molar-refractivity contribution in [3.63, 3.8) is 0 Å². The number of guanidine groups is 1. The van der Waals surface area contributed by atoms with Gasteiger partial charge in [-0.3, -0.25) is 4.90 Å². The van der Waals surface area contributed by atoms with Gasteiger partial charge in [0.15, 0.2) is 5.84 Å². The van der Waals surface area contributed by atoms with Crippen molar-refractivity contribution in [1.29, 1.82) is 0 Å². The van der Waals surface area contributed by atoms with Crippen LogP contribution in [0, 0.1) is 13.8 Å². The van der Waals surface area contributed by atoms with E-state index >= 15 is 0 Å². The third kappa shape index (κ3) is 3.98. The maximum atomic E-state index is 13.6. The second kappa shape index (κ2) is 8.73. The number of anilines is 1. The molecule has 0 atom stereocenters. The van der Waals surface area contributed by atoms with Gasteiger partial charge in [0.25, 0.3) is 0 Å². The predicted molar refractivity (Wildman–Crippen MR) is 128 cm³/mol. The zero-order valence-corrected chi connectivity index (χ0v) is 19.5. The first-order chi connectivity index (χ1) is 16.3. The maximum Gasteiger partial charge on any atom is 0.416 e. The molecule has 0 bridgehead atoms. The van der Waals surface area contributed by atoms with Crippen LogP contribution in [0.2, 0.25) is 0 Å². The summed E-state index contributed by atoms with van der Waals surface area (Å²) in [5.74, 6) is 1.37. The van der Waals surface area contributed by atoms with Crippen LogP contribution in [0.15, 0.2) is 52.4 Å². The van der Waals surface area contributed by atoms with Gasteiger partial charge in [-0.2, -0.15) is 18.2 Å². The highest BCUT2D eigenvalue weighted by molar-refractivity contribution is 6.18. The van der Waals surface area contributed by atoms with E-state index in [-0.39, 0.29) is 0 Å². The molecule has 2 heterocycles.